The van der Waals surface area contributed by atoms with E-state index in [1.807, 2.05) is 6.07 Å². The van der Waals surface area contributed by atoms with E-state index in [1.54, 1.807) is 30.5 Å². The Labute approximate surface area is 106 Å². The number of hydrogen-bond donors (Lipinski definition) is 1. The normalized spacial score (nSPS) is 10.9. The minimum Gasteiger partial charge on any atom is -0.508 e. The molecular weight excluding hydrogens is 256 g/mol. The molecule has 3 nitrogen and oxygen atoms in total. The van der Waals surface area contributed by atoms with E-state index in [4.69, 9.17) is 11.6 Å². The number of phenols is 1. The Morgan fingerprint density at radius 1 is 1.18 bits per heavy atom. The van der Waals surface area contributed by atoms with Crippen molar-refractivity contribution in [2.75, 3.05) is 0 Å². The van der Waals surface area contributed by atoms with Crippen LogP contribution in [0.5, 0.6) is 5.75 Å². The number of aromatic hydroxyl groups is 1. The predicted molar refractivity (Wildman–Crippen MR) is 69.5 cm³/mol. The van der Waals surface area contributed by atoms with Crippen molar-refractivity contribution in [3.8, 4) is 16.3 Å². The molecule has 0 radical (unpaired) electrons. The number of phenolic OH excluding ortho intramolecular Hbond substituents is 1. The summed E-state index contributed by atoms with van der Waals surface area (Å²) >= 11 is 7.25. The summed E-state index contributed by atoms with van der Waals surface area (Å²) in [7, 11) is 0. The molecule has 5 heteroatoms. The van der Waals surface area contributed by atoms with Gasteiger partial charge in [0.05, 0.1) is 10.2 Å². The largest absolute Gasteiger partial charge is 0.508 e. The fraction of sp³-hybridized carbons (Fsp3) is 0. The van der Waals surface area contributed by atoms with Crippen LogP contribution in [-0.2, 0) is 0 Å². The third-order valence-electron chi connectivity index (χ3n) is 2.35. The third kappa shape index (κ3) is 1.97. The van der Waals surface area contributed by atoms with Crippen molar-refractivity contribution >= 4 is 33.2 Å². The maximum Gasteiger partial charge on any atom is 0.129 e. The van der Waals surface area contributed by atoms with Crippen LogP contribution < -0.4 is 0 Å². The summed E-state index contributed by atoms with van der Waals surface area (Å²) in [4.78, 5) is 8.50. The average molecular weight is 263 g/mol. The van der Waals surface area contributed by atoms with Gasteiger partial charge in [-0.1, -0.05) is 11.6 Å². The number of rotatable bonds is 1. The zero-order chi connectivity index (χ0) is 11.8. The van der Waals surface area contributed by atoms with Crippen LogP contribution in [0.1, 0.15) is 0 Å². The van der Waals surface area contributed by atoms with Crippen LogP contribution in [0.2, 0.25) is 5.15 Å². The molecular formula is C12H7ClN2OS. The van der Waals surface area contributed by atoms with Gasteiger partial charge in [0, 0.05) is 11.8 Å². The van der Waals surface area contributed by atoms with Gasteiger partial charge in [-0.15, -0.1) is 11.3 Å². The molecule has 0 bridgehead atoms. The van der Waals surface area contributed by atoms with Gasteiger partial charge in [0.1, 0.15) is 15.9 Å². The van der Waals surface area contributed by atoms with E-state index in [0.717, 1.165) is 20.8 Å². The summed E-state index contributed by atoms with van der Waals surface area (Å²) in [6.45, 7) is 0. The van der Waals surface area contributed by atoms with Crippen LogP contribution in [0.3, 0.4) is 0 Å². The highest BCUT2D eigenvalue weighted by atomic mass is 35.5. The van der Waals surface area contributed by atoms with E-state index >= 15 is 0 Å². The lowest BCUT2D eigenvalue weighted by atomic mass is 10.3. The van der Waals surface area contributed by atoms with Gasteiger partial charge in [0.2, 0.25) is 0 Å². The summed E-state index contributed by atoms with van der Waals surface area (Å²) in [5.74, 6) is 0.252. The van der Waals surface area contributed by atoms with E-state index in [2.05, 4.69) is 9.97 Å². The highest BCUT2D eigenvalue weighted by Gasteiger charge is 2.07. The predicted octanol–water partition coefficient (Wildman–Crippen LogP) is 3.72. The van der Waals surface area contributed by atoms with Crippen LogP contribution in [0.25, 0.3) is 20.8 Å². The minimum atomic E-state index is 0.252. The number of halogens is 1. The zero-order valence-electron chi connectivity index (χ0n) is 8.59. The summed E-state index contributed by atoms with van der Waals surface area (Å²) in [6, 6.07) is 8.76. The second-order valence-electron chi connectivity index (χ2n) is 3.54. The molecule has 3 rings (SSSR count). The van der Waals surface area contributed by atoms with E-state index in [9.17, 15) is 5.11 Å². The Morgan fingerprint density at radius 2 is 2.06 bits per heavy atom. The lowest BCUT2D eigenvalue weighted by Gasteiger charge is -1.93. The third-order valence-corrected chi connectivity index (χ3v) is 3.64. The zero-order valence-corrected chi connectivity index (χ0v) is 10.2. The molecule has 0 aliphatic rings. The summed E-state index contributed by atoms with van der Waals surface area (Å²) in [5, 5.41) is 10.7. The molecule has 1 N–H and O–H groups in total. The van der Waals surface area contributed by atoms with E-state index in [0.29, 0.717) is 5.15 Å². The molecule has 84 valence electrons. The quantitative estimate of drug-likeness (QED) is 0.680. The maximum absolute atomic E-state index is 9.40. The lowest BCUT2D eigenvalue weighted by Crippen LogP contribution is -1.78. The number of benzene rings is 1. The highest BCUT2D eigenvalue weighted by Crippen LogP contribution is 2.31. The fourth-order valence-electron chi connectivity index (χ4n) is 1.54. The molecule has 2 heterocycles. The number of nitrogens with zero attached hydrogens (tertiary/aromatic N) is 2. The Balaban J connectivity index is 2.14. The smallest absolute Gasteiger partial charge is 0.129 e. The molecule has 17 heavy (non-hydrogen) atoms. The molecule has 0 spiro atoms. The van der Waals surface area contributed by atoms with Crippen molar-refractivity contribution in [2.24, 2.45) is 0 Å². The Morgan fingerprint density at radius 3 is 2.82 bits per heavy atom. The van der Waals surface area contributed by atoms with Crippen LogP contribution >= 0.6 is 22.9 Å². The molecule has 0 saturated carbocycles. The first kappa shape index (κ1) is 10.5. The molecule has 3 aromatic rings. The van der Waals surface area contributed by atoms with E-state index in [-0.39, 0.29) is 5.75 Å². The van der Waals surface area contributed by atoms with Crippen molar-refractivity contribution in [1.82, 2.24) is 9.97 Å². The molecule has 0 aliphatic heterocycles. The first-order valence-corrected chi connectivity index (χ1v) is 6.13. The Kier molecular flexibility index (Phi) is 2.46. The van der Waals surface area contributed by atoms with Gasteiger partial charge >= 0.3 is 0 Å². The van der Waals surface area contributed by atoms with E-state index < -0.39 is 0 Å². The molecule has 0 amide bonds. The minimum absolute atomic E-state index is 0.252. The maximum atomic E-state index is 9.40. The highest BCUT2D eigenvalue weighted by molar-refractivity contribution is 7.21. The van der Waals surface area contributed by atoms with Gasteiger partial charge in [-0.05, 0) is 30.3 Å². The second kappa shape index (κ2) is 3.98. The Bertz CT molecular complexity index is 679. The Hall–Kier alpha value is -1.65. The van der Waals surface area contributed by atoms with Crippen molar-refractivity contribution in [3.05, 3.63) is 41.7 Å². The molecule has 0 aliphatic carbocycles. The molecule has 0 fully saturated rings. The second-order valence-corrected chi connectivity index (χ2v) is 4.96. The molecule has 1 aromatic carbocycles. The van der Waals surface area contributed by atoms with Gasteiger partial charge in [0.15, 0.2) is 0 Å². The SMILES string of the molecule is Oc1ccc2nc(-c3ccc(Cl)nc3)sc2c1. The fourth-order valence-corrected chi connectivity index (χ4v) is 2.64. The number of pyridine rings is 1. The van der Waals surface area contributed by atoms with Crippen molar-refractivity contribution in [3.63, 3.8) is 0 Å². The van der Waals surface area contributed by atoms with Gasteiger partial charge in [-0.2, -0.15) is 0 Å². The average Bonchev–Trinajstić information content (AvgIpc) is 2.72. The van der Waals surface area contributed by atoms with Gasteiger partial charge < -0.3 is 5.11 Å². The van der Waals surface area contributed by atoms with Crippen LogP contribution in [0.4, 0.5) is 0 Å². The first-order chi connectivity index (χ1) is 8.22. The number of hydrogen-bond acceptors (Lipinski definition) is 4. The summed E-state index contributed by atoms with van der Waals surface area (Å²) in [5.41, 5.74) is 1.80. The van der Waals surface area contributed by atoms with Gasteiger partial charge in [-0.25, -0.2) is 9.97 Å². The first-order valence-electron chi connectivity index (χ1n) is 4.94. The molecule has 0 saturated heterocycles. The molecule has 2 aromatic heterocycles. The van der Waals surface area contributed by atoms with Crippen LogP contribution in [-0.4, -0.2) is 15.1 Å². The standard InChI is InChI=1S/C12H7ClN2OS/c13-11-4-1-7(6-14-11)12-15-9-3-2-8(16)5-10(9)17-12/h1-6,16H. The van der Waals surface area contributed by atoms with Crippen molar-refractivity contribution in [1.29, 1.82) is 0 Å². The number of fused-ring (bicyclic) bond motifs is 1. The topological polar surface area (TPSA) is 46.0 Å². The van der Waals surface area contributed by atoms with Gasteiger partial charge in [-0.3, -0.25) is 0 Å². The molecule has 0 unspecified atom stereocenters. The lowest BCUT2D eigenvalue weighted by molar-refractivity contribution is 0.476. The van der Waals surface area contributed by atoms with Crippen molar-refractivity contribution < 1.29 is 5.11 Å². The summed E-state index contributed by atoms with van der Waals surface area (Å²) in [6.07, 6.45) is 1.69. The van der Waals surface area contributed by atoms with Crippen LogP contribution in [0.15, 0.2) is 36.5 Å². The van der Waals surface area contributed by atoms with Gasteiger partial charge in [0.25, 0.3) is 0 Å². The summed E-state index contributed by atoms with van der Waals surface area (Å²) < 4.78 is 0.954. The number of thiazole rings is 1. The van der Waals surface area contributed by atoms with E-state index in [1.165, 1.54) is 11.3 Å². The number of aromatic nitrogens is 2. The monoisotopic (exact) mass is 262 g/mol. The molecule has 0 atom stereocenters. The van der Waals surface area contributed by atoms with Crippen LogP contribution in [0, 0.1) is 0 Å². The van der Waals surface area contributed by atoms with Crippen molar-refractivity contribution in [2.45, 2.75) is 0 Å².